The van der Waals surface area contributed by atoms with Crippen molar-refractivity contribution in [1.29, 1.82) is 0 Å². The van der Waals surface area contributed by atoms with Gasteiger partial charge < -0.3 is 29.0 Å². The maximum atomic E-state index is 12.6. The number of fused-ring (bicyclic) bond motifs is 5. The fourth-order valence-electron chi connectivity index (χ4n) is 4.84. The van der Waals surface area contributed by atoms with E-state index in [4.69, 9.17) is 24.0 Å². The van der Waals surface area contributed by atoms with Gasteiger partial charge in [0.05, 0.1) is 49.4 Å². The summed E-state index contributed by atoms with van der Waals surface area (Å²) >= 11 is 0. The van der Waals surface area contributed by atoms with E-state index in [1.165, 1.54) is 0 Å². The Morgan fingerprint density at radius 1 is 1.23 bits per heavy atom. The van der Waals surface area contributed by atoms with E-state index in [2.05, 4.69) is 18.7 Å². The number of hydrogen-bond donors (Lipinski definition) is 1. The summed E-state index contributed by atoms with van der Waals surface area (Å²) in [5.74, 6) is 0.189. The van der Waals surface area contributed by atoms with Crippen LogP contribution in [0.25, 0.3) is 16.6 Å². The van der Waals surface area contributed by atoms with Crippen LogP contribution in [0.4, 0.5) is 0 Å². The number of aromatic nitrogens is 2. The number of carbonyl (C=O) groups excluding carboxylic acids is 1. The number of nitrogens with zero attached hydrogens (tertiary/aromatic N) is 3. The molecule has 1 aromatic heterocycles. The summed E-state index contributed by atoms with van der Waals surface area (Å²) in [5.41, 5.74) is 2.37. The van der Waals surface area contributed by atoms with E-state index < -0.39 is 12.1 Å². The summed E-state index contributed by atoms with van der Waals surface area (Å²) < 4.78 is 23.9. The van der Waals surface area contributed by atoms with Gasteiger partial charge in [0.1, 0.15) is 17.4 Å². The Hall–Kier alpha value is -2.88. The van der Waals surface area contributed by atoms with Gasteiger partial charge in [-0.05, 0) is 19.1 Å². The highest BCUT2D eigenvalue weighted by molar-refractivity contribution is 5.96. The number of aliphatic hydroxyl groups excluding tert-OH is 1. The monoisotopic (exact) mass is 485 g/mol. The molecule has 2 atom stereocenters. The summed E-state index contributed by atoms with van der Waals surface area (Å²) in [7, 11) is 3.35. The second kappa shape index (κ2) is 10.4. The topological polar surface area (TPSA) is 95.3 Å². The molecule has 2 unspecified atom stereocenters. The van der Waals surface area contributed by atoms with Crippen molar-refractivity contribution in [3.8, 4) is 5.75 Å². The van der Waals surface area contributed by atoms with Crippen molar-refractivity contribution < 1.29 is 28.8 Å². The smallest absolute Gasteiger partial charge is 0.338 e. The number of ether oxygens (including phenoxy) is 4. The second-order valence-corrected chi connectivity index (χ2v) is 9.52. The van der Waals surface area contributed by atoms with Crippen LogP contribution in [0.5, 0.6) is 5.75 Å². The van der Waals surface area contributed by atoms with Gasteiger partial charge in [0.15, 0.2) is 0 Å². The van der Waals surface area contributed by atoms with Crippen LogP contribution in [0.3, 0.4) is 0 Å². The third-order valence-electron chi connectivity index (χ3n) is 6.53. The molecule has 0 saturated heterocycles. The summed E-state index contributed by atoms with van der Waals surface area (Å²) in [6.45, 7) is 8.47. The quantitative estimate of drug-likeness (QED) is 0.405. The molecule has 0 spiro atoms. The normalized spacial score (nSPS) is 19.7. The summed E-state index contributed by atoms with van der Waals surface area (Å²) in [5, 5.41) is 16.7. The van der Waals surface area contributed by atoms with Gasteiger partial charge in [0.2, 0.25) is 0 Å². The van der Waals surface area contributed by atoms with Crippen molar-refractivity contribution in [2.24, 2.45) is 5.41 Å². The van der Waals surface area contributed by atoms with Crippen molar-refractivity contribution in [2.45, 2.75) is 45.9 Å². The molecule has 35 heavy (non-hydrogen) atoms. The van der Waals surface area contributed by atoms with Crippen molar-refractivity contribution in [1.82, 2.24) is 14.7 Å². The molecule has 4 rings (SSSR count). The lowest BCUT2D eigenvalue weighted by Crippen LogP contribution is -2.51. The predicted molar refractivity (Wildman–Crippen MR) is 132 cm³/mol. The molecule has 0 bridgehead atoms. The van der Waals surface area contributed by atoms with Gasteiger partial charge in [-0.15, -0.1) is 0 Å². The summed E-state index contributed by atoms with van der Waals surface area (Å²) in [6, 6.07) is 5.79. The van der Waals surface area contributed by atoms with E-state index in [9.17, 15) is 9.90 Å². The highest BCUT2D eigenvalue weighted by Gasteiger charge is 2.43. The third kappa shape index (κ3) is 4.80. The maximum absolute atomic E-state index is 12.6. The Labute approximate surface area is 205 Å². The molecule has 2 aromatic rings. The molecule has 9 heteroatoms. The fourth-order valence-corrected chi connectivity index (χ4v) is 4.84. The van der Waals surface area contributed by atoms with Gasteiger partial charge in [-0.3, -0.25) is 4.68 Å². The molecule has 0 amide bonds. The average molecular weight is 486 g/mol. The minimum absolute atomic E-state index is 0.0847. The van der Waals surface area contributed by atoms with Gasteiger partial charge in [0, 0.05) is 44.2 Å². The Balaban J connectivity index is 1.81. The zero-order valence-corrected chi connectivity index (χ0v) is 21.1. The Bertz CT molecular complexity index is 1140. The molecule has 2 aliphatic rings. The van der Waals surface area contributed by atoms with Crippen LogP contribution in [0.15, 0.2) is 36.0 Å². The molecular weight excluding hydrogens is 450 g/mol. The second-order valence-electron chi connectivity index (χ2n) is 9.52. The first kappa shape index (κ1) is 25.2. The predicted octanol–water partition coefficient (Wildman–Crippen LogP) is 2.97. The number of benzene rings is 1. The first-order chi connectivity index (χ1) is 16.8. The van der Waals surface area contributed by atoms with Crippen LogP contribution in [0.1, 0.15) is 32.9 Å². The van der Waals surface area contributed by atoms with Gasteiger partial charge in [-0.25, -0.2) is 4.79 Å². The Kier molecular flexibility index (Phi) is 7.49. The van der Waals surface area contributed by atoms with E-state index in [0.29, 0.717) is 32.1 Å². The molecule has 9 nitrogen and oxygen atoms in total. The molecular formula is C26H35N3O6. The average Bonchev–Trinajstić information content (AvgIpc) is 3.20. The molecule has 1 aromatic carbocycles. The van der Waals surface area contributed by atoms with E-state index >= 15 is 0 Å². The van der Waals surface area contributed by atoms with Crippen molar-refractivity contribution in [2.75, 3.05) is 40.6 Å². The van der Waals surface area contributed by atoms with Crippen molar-refractivity contribution in [3.05, 3.63) is 41.7 Å². The number of hydrogen-bond acceptors (Lipinski definition) is 8. The van der Waals surface area contributed by atoms with E-state index in [0.717, 1.165) is 28.7 Å². The van der Waals surface area contributed by atoms with Gasteiger partial charge >= 0.3 is 5.97 Å². The number of rotatable bonds is 10. The summed E-state index contributed by atoms with van der Waals surface area (Å²) in [6.07, 6.45) is 3.13. The summed E-state index contributed by atoms with van der Waals surface area (Å²) in [4.78, 5) is 14.7. The Morgan fingerprint density at radius 2 is 2.03 bits per heavy atom. The Morgan fingerprint density at radius 3 is 2.74 bits per heavy atom. The van der Waals surface area contributed by atoms with Crippen LogP contribution < -0.4 is 4.74 Å². The lowest BCUT2D eigenvalue weighted by atomic mass is 9.81. The largest absolute Gasteiger partial charge is 0.491 e. The number of aliphatic hydroxyl groups is 1. The van der Waals surface area contributed by atoms with Gasteiger partial charge in [-0.1, -0.05) is 26.0 Å². The highest BCUT2D eigenvalue weighted by atomic mass is 16.5. The standard InChI is InChI=1S/C26H35N3O6/c1-6-34-25(31)18-14-28-19(13-20(18)30)24-17-9-7-10-21(35-12-8-11-32-4)23(17)27-29(24)15-22(28)26(2,3)16-33-5/h7,9-10,13-14,20,22,30H,6,8,11-12,15-16H2,1-5H3. The minimum atomic E-state index is -1.09. The van der Waals surface area contributed by atoms with Gasteiger partial charge in [0.25, 0.3) is 0 Å². The molecule has 2 aliphatic heterocycles. The van der Waals surface area contributed by atoms with Crippen LogP contribution in [0.2, 0.25) is 0 Å². The van der Waals surface area contributed by atoms with Crippen molar-refractivity contribution in [3.63, 3.8) is 0 Å². The zero-order chi connectivity index (χ0) is 25.2. The zero-order valence-electron chi connectivity index (χ0n) is 21.1. The molecule has 190 valence electrons. The van der Waals surface area contributed by atoms with Gasteiger partial charge in [-0.2, -0.15) is 5.10 Å². The SMILES string of the molecule is CCOC(=O)C1=CN2C(=CC1O)c1c3cccc(OCCCOC)c3nn1CC2C(C)(C)COC. The first-order valence-electron chi connectivity index (χ1n) is 12.0. The van der Waals surface area contributed by atoms with Crippen LogP contribution in [-0.2, 0) is 25.5 Å². The van der Waals surface area contributed by atoms with Crippen LogP contribution in [0, 0.1) is 5.41 Å². The lowest BCUT2D eigenvalue weighted by molar-refractivity contribution is -0.139. The number of carbonyl (C=O) groups is 1. The molecule has 1 N–H and O–H groups in total. The van der Waals surface area contributed by atoms with E-state index in [1.807, 2.05) is 22.9 Å². The highest BCUT2D eigenvalue weighted by Crippen LogP contribution is 2.43. The molecule has 3 heterocycles. The third-order valence-corrected chi connectivity index (χ3v) is 6.53. The fraction of sp³-hybridized carbons (Fsp3) is 0.538. The lowest BCUT2D eigenvalue weighted by Gasteiger charge is -2.47. The molecule has 0 radical (unpaired) electrons. The number of methoxy groups -OCH3 is 2. The maximum Gasteiger partial charge on any atom is 0.338 e. The van der Waals surface area contributed by atoms with E-state index in [-0.39, 0.29) is 23.6 Å². The molecule has 0 saturated carbocycles. The van der Waals surface area contributed by atoms with Crippen LogP contribution >= 0.6 is 0 Å². The van der Waals surface area contributed by atoms with E-state index in [1.54, 1.807) is 33.4 Å². The first-order valence-corrected chi connectivity index (χ1v) is 12.0. The minimum Gasteiger partial charge on any atom is -0.491 e. The number of esters is 1. The van der Waals surface area contributed by atoms with Crippen molar-refractivity contribution >= 4 is 22.6 Å². The van der Waals surface area contributed by atoms with Crippen LogP contribution in [-0.4, -0.2) is 78.5 Å². The molecule has 0 aliphatic carbocycles. The molecule has 0 fully saturated rings.